The van der Waals surface area contributed by atoms with Gasteiger partial charge in [0.1, 0.15) is 6.07 Å². The number of nitrogens with zero attached hydrogens (tertiary/aromatic N) is 2. The van der Waals surface area contributed by atoms with Crippen LogP contribution in [0.3, 0.4) is 0 Å². The van der Waals surface area contributed by atoms with Crippen molar-refractivity contribution in [1.82, 2.24) is 4.90 Å². The van der Waals surface area contributed by atoms with Gasteiger partial charge < -0.3 is 14.4 Å². The van der Waals surface area contributed by atoms with Gasteiger partial charge in [0.05, 0.1) is 12.5 Å². The lowest BCUT2D eigenvalue weighted by atomic mass is 9.88. The Bertz CT molecular complexity index is 466. The van der Waals surface area contributed by atoms with E-state index in [2.05, 4.69) is 0 Å². The number of esters is 1. The second-order valence-electron chi connectivity index (χ2n) is 4.59. The third-order valence-corrected chi connectivity index (χ3v) is 3.49. The molecule has 0 radical (unpaired) electrons. The molecule has 2 rings (SSSR count). The Morgan fingerprint density at radius 3 is 2.95 bits per heavy atom. The number of rotatable bonds is 2. The minimum Gasteiger partial charge on any atom is -0.466 e. The Balaban J connectivity index is 2.26. The van der Waals surface area contributed by atoms with Crippen LogP contribution in [0, 0.1) is 23.2 Å². The van der Waals surface area contributed by atoms with Crippen molar-refractivity contribution in [3.05, 3.63) is 11.8 Å². The Morgan fingerprint density at radius 1 is 1.63 bits per heavy atom. The number of hydrogen-bond acceptors (Lipinski definition) is 5. The lowest BCUT2D eigenvalue weighted by Gasteiger charge is -2.33. The van der Waals surface area contributed by atoms with Gasteiger partial charge in [-0.25, -0.2) is 0 Å². The molecule has 0 N–H and O–H groups in total. The average molecular weight is 264 g/mol. The monoisotopic (exact) mass is 264 g/mol. The summed E-state index contributed by atoms with van der Waals surface area (Å²) in [6.45, 7) is 4.02. The molecule has 102 valence electrons. The van der Waals surface area contributed by atoms with Crippen molar-refractivity contribution >= 4 is 11.9 Å². The van der Waals surface area contributed by atoms with Crippen molar-refractivity contribution in [3.8, 4) is 6.07 Å². The molecule has 0 aliphatic carbocycles. The van der Waals surface area contributed by atoms with Crippen LogP contribution in [-0.2, 0) is 19.1 Å². The third-order valence-electron chi connectivity index (χ3n) is 3.49. The first-order valence-corrected chi connectivity index (χ1v) is 6.31. The number of likely N-dealkylation sites (tertiary alicyclic amines) is 1. The Morgan fingerprint density at radius 2 is 2.37 bits per heavy atom. The molecule has 19 heavy (non-hydrogen) atoms. The smallest absolute Gasteiger partial charge is 0.313 e. The highest BCUT2D eigenvalue weighted by atomic mass is 16.5. The maximum Gasteiger partial charge on any atom is 0.313 e. The van der Waals surface area contributed by atoms with E-state index in [1.54, 1.807) is 11.8 Å². The van der Waals surface area contributed by atoms with E-state index >= 15 is 0 Å². The summed E-state index contributed by atoms with van der Waals surface area (Å²) in [5.41, 5.74) is 0. The van der Waals surface area contributed by atoms with Gasteiger partial charge >= 0.3 is 5.97 Å². The zero-order valence-electron chi connectivity index (χ0n) is 11.0. The fourth-order valence-electron chi connectivity index (χ4n) is 2.63. The molecule has 1 amide bonds. The van der Waals surface area contributed by atoms with Crippen LogP contribution in [-0.4, -0.2) is 36.2 Å². The largest absolute Gasteiger partial charge is 0.466 e. The summed E-state index contributed by atoms with van der Waals surface area (Å²) in [6, 6.07) is 1.90. The first-order chi connectivity index (χ1) is 9.08. The zero-order chi connectivity index (χ0) is 14.0. The number of fused-ring (bicyclic) bond motifs is 1. The highest BCUT2D eigenvalue weighted by Gasteiger charge is 2.47. The molecule has 0 aromatic rings. The molecule has 0 aromatic heterocycles. The lowest BCUT2D eigenvalue weighted by Crippen LogP contribution is -2.43. The van der Waals surface area contributed by atoms with Crippen LogP contribution in [0.25, 0.3) is 0 Å². The molecule has 0 aromatic carbocycles. The van der Waals surface area contributed by atoms with Crippen molar-refractivity contribution in [1.29, 1.82) is 5.26 Å². The van der Waals surface area contributed by atoms with Gasteiger partial charge in [-0.2, -0.15) is 5.26 Å². The predicted molar refractivity (Wildman–Crippen MR) is 64.2 cm³/mol. The molecule has 6 nitrogen and oxygen atoms in total. The Hall–Kier alpha value is -2.03. The van der Waals surface area contributed by atoms with Gasteiger partial charge in [-0.05, 0) is 19.4 Å². The summed E-state index contributed by atoms with van der Waals surface area (Å²) in [5, 5.41) is 8.97. The standard InChI is InChI=1S/C13H16N2O4/c1-3-18-13(17)11-6-9(7-14)19-12-10(11)4-5-15(12)8(2)16/h6,10-12H,3-5H2,1-2H3/t10-,11+,12+/m1/s1. The number of hydrogen-bond donors (Lipinski definition) is 0. The normalized spacial score (nSPS) is 28.8. The van der Waals surface area contributed by atoms with Crippen molar-refractivity contribution in [2.45, 2.75) is 26.5 Å². The molecule has 6 heteroatoms. The lowest BCUT2D eigenvalue weighted by molar-refractivity contribution is -0.155. The summed E-state index contributed by atoms with van der Waals surface area (Å²) < 4.78 is 10.5. The number of amides is 1. The minimum atomic E-state index is -0.536. The molecule has 1 saturated heterocycles. The fourth-order valence-corrected chi connectivity index (χ4v) is 2.63. The van der Waals surface area contributed by atoms with E-state index in [9.17, 15) is 9.59 Å². The van der Waals surface area contributed by atoms with E-state index in [0.717, 1.165) is 0 Å². The molecule has 2 aliphatic rings. The van der Waals surface area contributed by atoms with Crippen LogP contribution < -0.4 is 0 Å². The molecule has 2 heterocycles. The maximum absolute atomic E-state index is 11.9. The van der Waals surface area contributed by atoms with E-state index in [1.165, 1.54) is 13.0 Å². The van der Waals surface area contributed by atoms with Crippen molar-refractivity contribution < 1.29 is 19.1 Å². The second kappa shape index (κ2) is 5.31. The Labute approximate surface area is 111 Å². The number of carbonyl (C=O) groups is 2. The van der Waals surface area contributed by atoms with Gasteiger partial charge in [0.2, 0.25) is 5.91 Å². The predicted octanol–water partition coefficient (Wildman–Crippen LogP) is 0.798. The van der Waals surface area contributed by atoms with E-state index in [-0.39, 0.29) is 23.6 Å². The van der Waals surface area contributed by atoms with Crippen molar-refractivity contribution in [2.24, 2.45) is 11.8 Å². The van der Waals surface area contributed by atoms with Gasteiger partial charge in [0, 0.05) is 19.4 Å². The highest BCUT2D eigenvalue weighted by Crippen LogP contribution is 2.38. The summed E-state index contributed by atoms with van der Waals surface area (Å²) in [7, 11) is 0. The van der Waals surface area contributed by atoms with Crippen molar-refractivity contribution in [2.75, 3.05) is 13.2 Å². The highest BCUT2D eigenvalue weighted by molar-refractivity contribution is 5.77. The van der Waals surface area contributed by atoms with Gasteiger partial charge in [0.25, 0.3) is 0 Å². The van der Waals surface area contributed by atoms with Crippen molar-refractivity contribution in [3.63, 3.8) is 0 Å². The summed E-state index contributed by atoms with van der Waals surface area (Å²) in [5.74, 6) is -1.06. The third kappa shape index (κ3) is 2.41. The molecule has 0 saturated carbocycles. The van der Waals surface area contributed by atoms with E-state index < -0.39 is 12.1 Å². The minimum absolute atomic E-state index is 0.0763. The topological polar surface area (TPSA) is 79.6 Å². The molecular weight excluding hydrogens is 248 g/mol. The molecule has 3 atom stereocenters. The van der Waals surface area contributed by atoms with Gasteiger partial charge in [-0.1, -0.05) is 0 Å². The molecule has 1 fully saturated rings. The average Bonchev–Trinajstić information content (AvgIpc) is 2.81. The maximum atomic E-state index is 11.9. The number of carbonyl (C=O) groups excluding carboxylic acids is 2. The summed E-state index contributed by atoms with van der Waals surface area (Å²) >= 11 is 0. The van der Waals surface area contributed by atoms with Crippen LogP contribution >= 0.6 is 0 Å². The number of ether oxygens (including phenoxy) is 2. The molecule has 0 spiro atoms. The zero-order valence-corrected chi connectivity index (χ0v) is 11.0. The SMILES string of the molecule is CCOC(=O)[C@H]1C=C(C#N)O[C@H]2[C@@H]1CCN2C(C)=O. The first kappa shape index (κ1) is 13.4. The van der Waals surface area contributed by atoms with E-state index in [1.807, 2.05) is 6.07 Å². The Kier molecular flexibility index (Phi) is 3.74. The van der Waals surface area contributed by atoms with Crippen LogP contribution in [0.5, 0.6) is 0 Å². The first-order valence-electron chi connectivity index (χ1n) is 6.31. The van der Waals surface area contributed by atoms with Crippen LogP contribution in [0.2, 0.25) is 0 Å². The van der Waals surface area contributed by atoms with Gasteiger partial charge in [-0.15, -0.1) is 0 Å². The van der Waals surface area contributed by atoms with Crippen LogP contribution in [0.1, 0.15) is 20.3 Å². The van der Waals surface area contributed by atoms with Gasteiger partial charge in [-0.3, -0.25) is 9.59 Å². The van der Waals surface area contributed by atoms with E-state index in [4.69, 9.17) is 14.7 Å². The second-order valence-corrected chi connectivity index (χ2v) is 4.59. The molecule has 2 aliphatic heterocycles. The summed E-state index contributed by atoms with van der Waals surface area (Å²) in [4.78, 5) is 25.0. The molecule has 0 bridgehead atoms. The van der Waals surface area contributed by atoms with Crippen LogP contribution in [0.4, 0.5) is 0 Å². The number of allylic oxidation sites excluding steroid dienone is 1. The van der Waals surface area contributed by atoms with Crippen LogP contribution in [0.15, 0.2) is 11.8 Å². The number of nitriles is 1. The molecular formula is C13H16N2O4. The van der Waals surface area contributed by atoms with E-state index in [0.29, 0.717) is 19.6 Å². The fraction of sp³-hybridized carbons (Fsp3) is 0.615. The van der Waals surface area contributed by atoms with Gasteiger partial charge in [0.15, 0.2) is 12.0 Å². The molecule has 0 unspecified atom stereocenters. The quantitative estimate of drug-likeness (QED) is 0.689. The summed E-state index contributed by atoms with van der Waals surface area (Å²) in [6.07, 6.45) is 1.64.